The maximum Gasteiger partial charge on any atom is 0.130 e. The number of ether oxygens (including phenoxy) is 1. The number of hydrogen-bond donors (Lipinski definition) is 1. The van der Waals surface area contributed by atoms with Crippen LogP contribution in [0, 0.1) is 6.92 Å². The number of hydrogen-bond acceptors (Lipinski definition) is 2. The van der Waals surface area contributed by atoms with Crippen LogP contribution in [0.15, 0.2) is 24.3 Å². The molecule has 3 rings (SSSR count). The molecule has 0 radical (unpaired) electrons. The SMILES string of the molecule is C.CC1=CC2(CCNCC2)Oc2ccc(C)cc21. The van der Waals surface area contributed by atoms with Crippen LogP contribution < -0.4 is 10.1 Å². The van der Waals surface area contributed by atoms with Gasteiger partial charge in [-0.2, -0.15) is 0 Å². The van der Waals surface area contributed by atoms with Gasteiger partial charge < -0.3 is 10.1 Å². The summed E-state index contributed by atoms with van der Waals surface area (Å²) in [5, 5.41) is 3.39. The summed E-state index contributed by atoms with van der Waals surface area (Å²) in [5.74, 6) is 1.05. The Hall–Kier alpha value is -1.28. The number of allylic oxidation sites excluding steroid dienone is 1. The summed E-state index contributed by atoms with van der Waals surface area (Å²) < 4.78 is 6.27. The highest BCUT2D eigenvalue weighted by Crippen LogP contribution is 2.39. The molecule has 0 aliphatic carbocycles. The molecule has 1 fully saturated rings. The normalized spacial score (nSPS) is 20.4. The molecule has 1 spiro atoms. The van der Waals surface area contributed by atoms with Crippen molar-refractivity contribution in [3.63, 3.8) is 0 Å². The molecule has 1 saturated heterocycles. The topological polar surface area (TPSA) is 21.3 Å². The fourth-order valence-corrected chi connectivity index (χ4v) is 2.86. The molecule has 0 saturated carbocycles. The van der Waals surface area contributed by atoms with Gasteiger partial charge >= 0.3 is 0 Å². The standard InChI is InChI=1S/C15H19NO.CH4/c1-11-3-4-14-13(9-11)12(2)10-15(17-14)5-7-16-8-6-15;/h3-4,9-10,16H,5-8H2,1-2H3;1H4. The Morgan fingerprint density at radius 1 is 1.17 bits per heavy atom. The number of piperidine rings is 1. The average molecular weight is 245 g/mol. The van der Waals surface area contributed by atoms with E-state index in [1.54, 1.807) is 0 Å². The third-order valence-corrected chi connectivity index (χ3v) is 3.80. The molecular weight excluding hydrogens is 222 g/mol. The highest BCUT2D eigenvalue weighted by Gasteiger charge is 2.35. The largest absolute Gasteiger partial charge is 0.482 e. The van der Waals surface area contributed by atoms with Crippen LogP contribution >= 0.6 is 0 Å². The minimum Gasteiger partial charge on any atom is -0.482 e. The van der Waals surface area contributed by atoms with Gasteiger partial charge in [0, 0.05) is 18.4 Å². The summed E-state index contributed by atoms with van der Waals surface area (Å²) in [5.41, 5.74) is 3.85. The Kier molecular flexibility index (Phi) is 3.49. The summed E-state index contributed by atoms with van der Waals surface area (Å²) in [6.07, 6.45) is 4.46. The van der Waals surface area contributed by atoms with Crippen molar-refractivity contribution in [2.24, 2.45) is 0 Å². The van der Waals surface area contributed by atoms with Crippen LogP contribution in [0.25, 0.3) is 5.57 Å². The van der Waals surface area contributed by atoms with Gasteiger partial charge in [0.05, 0.1) is 0 Å². The zero-order chi connectivity index (χ0) is 11.9. The highest BCUT2D eigenvalue weighted by atomic mass is 16.5. The van der Waals surface area contributed by atoms with E-state index in [1.807, 2.05) is 0 Å². The van der Waals surface area contributed by atoms with E-state index in [-0.39, 0.29) is 13.0 Å². The molecule has 0 unspecified atom stereocenters. The Morgan fingerprint density at radius 3 is 2.61 bits per heavy atom. The van der Waals surface area contributed by atoms with Crippen molar-refractivity contribution < 1.29 is 4.74 Å². The first-order valence-corrected chi connectivity index (χ1v) is 6.39. The van der Waals surface area contributed by atoms with Crippen molar-refractivity contribution in [3.8, 4) is 5.75 Å². The van der Waals surface area contributed by atoms with E-state index in [9.17, 15) is 0 Å². The second kappa shape index (κ2) is 4.77. The van der Waals surface area contributed by atoms with E-state index in [0.29, 0.717) is 0 Å². The minimum absolute atomic E-state index is 0. The van der Waals surface area contributed by atoms with Crippen molar-refractivity contribution in [3.05, 3.63) is 35.4 Å². The van der Waals surface area contributed by atoms with Crippen LogP contribution in [0.5, 0.6) is 5.75 Å². The summed E-state index contributed by atoms with van der Waals surface area (Å²) in [6, 6.07) is 6.46. The molecule has 0 bridgehead atoms. The van der Waals surface area contributed by atoms with E-state index >= 15 is 0 Å². The van der Waals surface area contributed by atoms with Crippen molar-refractivity contribution >= 4 is 5.57 Å². The van der Waals surface area contributed by atoms with Crippen molar-refractivity contribution in [1.29, 1.82) is 0 Å². The molecule has 2 aliphatic rings. The maximum atomic E-state index is 6.27. The molecule has 0 atom stereocenters. The van der Waals surface area contributed by atoms with Crippen LogP contribution in [-0.2, 0) is 0 Å². The molecule has 2 nitrogen and oxygen atoms in total. The molecule has 98 valence electrons. The van der Waals surface area contributed by atoms with E-state index in [1.165, 1.54) is 16.7 Å². The van der Waals surface area contributed by atoms with Gasteiger partial charge in [0.1, 0.15) is 11.4 Å². The summed E-state index contributed by atoms with van der Waals surface area (Å²) in [7, 11) is 0. The number of fused-ring (bicyclic) bond motifs is 1. The van der Waals surface area contributed by atoms with Crippen LogP contribution in [0.3, 0.4) is 0 Å². The predicted octanol–water partition coefficient (Wildman–Crippen LogP) is 3.55. The number of rotatable bonds is 0. The van der Waals surface area contributed by atoms with Crippen LogP contribution in [0.2, 0.25) is 0 Å². The number of nitrogens with one attached hydrogen (secondary N) is 1. The zero-order valence-corrected chi connectivity index (χ0v) is 10.5. The Bertz CT molecular complexity index is 470. The first kappa shape index (κ1) is 13.2. The Balaban J connectivity index is 0.00000120. The molecule has 0 amide bonds. The number of aryl methyl sites for hydroxylation is 1. The lowest BCUT2D eigenvalue weighted by Crippen LogP contribution is -2.46. The predicted molar refractivity (Wildman–Crippen MR) is 77.0 cm³/mol. The van der Waals surface area contributed by atoms with Gasteiger partial charge in [0.15, 0.2) is 0 Å². The van der Waals surface area contributed by atoms with Crippen molar-refractivity contribution in [1.82, 2.24) is 5.32 Å². The molecule has 2 heterocycles. The third-order valence-electron chi connectivity index (χ3n) is 3.80. The lowest BCUT2D eigenvalue weighted by atomic mass is 9.86. The number of benzene rings is 1. The average Bonchev–Trinajstić information content (AvgIpc) is 2.31. The van der Waals surface area contributed by atoms with Gasteiger partial charge in [0.2, 0.25) is 0 Å². The van der Waals surface area contributed by atoms with E-state index in [0.717, 1.165) is 31.7 Å². The molecule has 1 aromatic carbocycles. The maximum absolute atomic E-state index is 6.27. The lowest BCUT2D eigenvalue weighted by molar-refractivity contribution is 0.0815. The molecular formula is C16H23NO. The quantitative estimate of drug-likeness (QED) is 0.754. The van der Waals surface area contributed by atoms with Gasteiger partial charge in [-0.15, -0.1) is 0 Å². The van der Waals surface area contributed by atoms with Gasteiger partial charge in [-0.3, -0.25) is 0 Å². The third kappa shape index (κ3) is 2.17. The first-order valence-electron chi connectivity index (χ1n) is 6.39. The van der Waals surface area contributed by atoms with Gasteiger partial charge in [-0.1, -0.05) is 19.1 Å². The van der Waals surface area contributed by atoms with E-state index in [4.69, 9.17) is 4.74 Å². The molecule has 2 aliphatic heterocycles. The summed E-state index contributed by atoms with van der Waals surface area (Å²) in [4.78, 5) is 0. The molecule has 18 heavy (non-hydrogen) atoms. The summed E-state index contributed by atoms with van der Waals surface area (Å²) in [6.45, 7) is 6.42. The minimum atomic E-state index is -0.0579. The summed E-state index contributed by atoms with van der Waals surface area (Å²) >= 11 is 0. The van der Waals surface area contributed by atoms with Crippen molar-refractivity contribution in [2.75, 3.05) is 13.1 Å². The monoisotopic (exact) mass is 245 g/mol. The van der Waals surface area contributed by atoms with Crippen LogP contribution in [0.4, 0.5) is 0 Å². The zero-order valence-electron chi connectivity index (χ0n) is 10.5. The van der Waals surface area contributed by atoms with Crippen molar-refractivity contribution in [2.45, 2.75) is 39.7 Å². The molecule has 2 heteroatoms. The first-order chi connectivity index (χ1) is 8.19. The smallest absolute Gasteiger partial charge is 0.130 e. The van der Waals surface area contributed by atoms with Gasteiger partial charge in [-0.25, -0.2) is 0 Å². The fourth-order valence-electron chi connectivity index (χ4n) is 2.86. The fraction of sp³-hybridized carbons (Fsp3) is 0.500. The molecule has 1 aromatic rings. The molecule has 0 aromatic heterocycles. The van der Waals surface area contributed by atoms with Crippen LogP contribution in [-0.4, -0.2) is 18.7 Å². The van der Waals surface area contributed by atoms with Gasteiger partial charge in [-0.05, 0) is 50.7 Å². The highest BCUT2D eigenvalue weighted by molar-refractivity contribution is 5.72. The Labute approximate surface area is 110 Å². The second-order valence-corrected chi connectivity index (χ2v) is 5.24. The Morgan fingerprint density at radius 2 is 1.89 bits per heavy atom. The van der Waals surface area contributed by atoms with E-state index < -0.39 is 0 Å². The van der Waals surface area contributed by atoms with Gasteiger partial charge in [0.25, 0.3) is 0 Å². The molecule has 1 N–H and O–H groups in total. The van der Waals surface area contributed by atoms with Crippen LogP contribution in [0.1, 0.15) is 38.3 Å². The van der Waals surface area contributed by atoms with E-state index in [2.05, 4.69) is 43.4 Å². The lowest BCUT2D eigenvalue weighted by Gasteiger charge is -2.39. The second-order valence-electron chi connectivity index (χ2n) is 5.24.